The lowest BCUT2D eigenvalue weighted by Crippen LogP contribution is -2.42. The van der Waals surface area contributed by atoms with Crippen LogP contribution in [-0.2, 0) is 5.54 Å². The number of aromatic amines is 1. The van der Waals surface area contributed by atoms with E-state index in [1.807, 2.05) is 31.2 Å². The number of hydrogen-bond donors (Lipinski definition) is 2. The number of nitrogens with one attached hydrogen (secondary N) is 1. The lowest BCUT2D eigenvalue weighted by atomic mass is 9.82. The first-order valence-electron chi connectivity index (χ1n) is 7.14. The van der Waals surface area contributed by atoms with Crippen LogP contribution in [0.25, 0.3) is 5.69 Å². The predicted molar refractivity (Wildman–Crippen MR) is 77.9 cm³/mol. The summed E-state index contributed by atoms with van der Waals surface area (Å²) in [6.07, 6.45) is 5.14. The van der Waals surface area contributed by atoms with Gasteiger partial charge in [-0.15, -0.1) is 0 Å². The largest absolute Gasteiger partial charge is 0.347 e. The van der Waals surface area contributed by atoms with E-state index in [9.17, 15) is 4.79 Å². The number of nitrogens with two attached hydrogens (primary N) is 1. The van der Waals surface area contributed by atoms with Crippen LogP contribution in [0.1, 0.15) is 43.5 Å². The Kier molecular flexibility index (Phi) is 3.22. The molecule has 0 amide bonds. The molecule has 5 heteroatoms. The molecule has 1 heterocycles. The molecule has 1 fully saturated rings. The average molecular weight is 272 g/mol. The fourth-order valence-electron chi connectivity index (χ4n) is 3.04. The summed E-state index contributed by atoms with van der Waals surface area (Å²) in [6.45, 7) is 2.01. The molecule has 20 heavy (non-hydrogen) atoms. The third kappa shape index (κ3) is 2.18. The number of rotatable bonds is 2. The van der Waals surface area contributed by atoms with E-state index in [4.69, 9.17) is 5.73 Å². The molecule has 3 rings (SSSR count). The molecule has 106 valence electrons. The van der Waals surface area contributed by atoms with Crippen LogP contribution in [0.15, 0.2) is 29.1 Å². The fourth-order valence-corrected chi connectivity index (χ4v) is 3.04. The number of benzene rings is 1. The zero-order valence-electron chi connectivity index (χ0n) is 11.7. The Morgan fingerprint density at radius 3 is 2.75 bits per heavy atom. The lowest BCUT2D eigenvalue weighted by Gasteiger charge is -2.32. The van der Waals surface area contributed by atoms with Gasteiger partial charge in [-0.1, -0.05) is 31.4 Å². The van der Waals surface area contributed by atoms with E-state index in [-0.39, 0.29) is 5.69 Å². The highest BCUT2D eigenvalue weighted by Crippen LogP contribution is 2.33. The van der Waals surface area contributed by atoms with Crippen LogP contribution < -0.4 is 11.4 Å². The molecule has 1 saturated carbocycles. The highest BCUT2D eigenvalue weighted by molar-refractivity contribution is 5.37. The summed E-state index contributed by atoms with van der Waals surface area (Å²) < 4.78 is 1.62. The van der Waals surface area contributed by atoms with Gasteiger partial charge in [-0.3, -0.25) is 0 Å². The summed E-state index contributed by atoms with van der Waals surface area (Å²) in [5, 5.41) is 6.77. The molecular formula is C15H20N4O. The van der Waals surface area contributed by atoms with Crippen molar-refractivity contribution in [2.75, 3.05) is 0 Å². The Bertz CT molecular complexity index is 665. The summed E-state index contributed by atoms with van der Waals surface area (Å²) in [5.74, 6) is 0.660. The van der Waals surface area contributed by atoms with Gasteiger partial charge in [0.15, 0.2) is 5.82 Å². The molecule has 0 bridgehead atoms. The van der Waals surface area contributed by atoms with Gasteiger partial charge < -0.3 is 5.73 Å². The van der Waals surface area contributed by atoms with Gasteiger partial charge in [0.2, 0.25) is 0 Å². The topological polar surface area (TPSA) is 76.7 Å². The van der Waals surface area contributed by atoms with Gasteiger partial charge in [-0.05, 0) is 37.5 Å². The van der Waals surface area contributed by atoms with Crippen LogP contribution >= 0.6 is 0 Å². The number of H-pyrrole nitrogens is 1. The normalized spacial score (nSPS) is 18.1. The zero-order chi connectivity index (χ0) is 14.2. The molecule has 1 aromatic carbocycles. The maximum atomic E-state index is 12.1. The Morgan fingerprint density at radius 2 is 2.05 bits per heavy atom. The van der Waals surface area contributed by atoms with Crippen LogP contribution in [0.2, 0.25) is 0 Å². The Morgan fingerprint density at radius 1 is 1.30 bits per heavy atom. The van der Waals surface area contributed by atoms with Crippen LogP contribution in [0.4, 0.5) is 0 Å². The van der Waals surface area contributed by atoms with Gasteiger partial charge >= 0.3 is 5.69 Å². The van der Waals surface area contributed by atoms with Crippen LogP contribution in [0.3, 0.4) is 0 Å². The van der Waals surface area contributed by atoms with E-state index in [1.54, 1.807) is 4.57 Å². The van der Waals surface area contributed by atoms with Crippen LogP contribution in [0, 0.1) is 6.92 Å². The summed E-state index contributed by atoms with van der Waals surface area (Å²) in [7, 11) is 0. The maximum Gasteiger partial charge on any atom is 0.347 e. The monoisotopic (exact) mass is 272 g/mol. The minimum atomic E-state index is -0.499. The third-order valence-electron chi connectivity index (χ3n) is 4.12. The smallest absolute Gasteiger partial charge is 0.319 e. The second kappa shape index (κ2) is 4.90. The van der Waals surface area contributed by atoms with E-state index in [0.29, 0.717) is 5.82 Å². The average Bonchev–Trinajstić information content (AvgIpc) is 2.82. The van der Waals surface area contributed by atoms with Crippen molar-refractivity contribution in [2.45, 2.75) is 44.6 Å². The van der Waals surface area contributed by atoms with Gasteiger partial charge in [-0.25, -0.2) is 14.5 Å². The summed E-state index contributed by atoms with van der Waals surface area (Å²) in [5.41, 5.74) is 7.74. The van der Waals surface area contributed by atoms with Gasteiger partial charge in [0.1, 0.15) is 0 Å². The molecule has 5 nitrogen and oxygen atoms in total. The molecular weight excluding hydrogens is 252 g/mol. The van der Waals surface area contributed by atoms with E-state index in [1.165, 1.54) is 6.42 Å². The standard InChI is InChI=1S/C15H20N4O/c1-11-6-5-7-12(10-11)19-13(17-18-14(19)20)15(16)8-3-2-4-9-15/h5-7,10H,2-4,8-9,16H2,1H3,(H,18,20). The molecule has 1 aliphatic carbocycles. The quantitative estimate of drug-likeness (QED) is 0.877. The lowest BCUT2D eigenvalue weighted by molar-refractivity contribution is 0.283. The molecule has 1 aromatic heterocycles. The molecule has 0 aliphatic heterocycles. The fraction of sp³-hybridized carbons (Fsp3) is 0.467. The first-order valence-corrected chi connectivity index (χ1v) is 7.14. The second-order valence-electron chi connectivity index (χ2n) is 5.74. The van der Waals surface area contributed by atoms with Crippen molar-refractivity contribution in [1.82, 2.24) is 14.8 Å². The van der Waals surface area contributed by atoms with E-state index >= 15 is 0 Å². The number of aryl methyl sites for hydroxylation is 1. The van der Waals surface area contributed by atoms with Crippen molar-refractivity contribution in [3.63, 3.8) is 0 Å². The van der Waals surface area contributed by atoms with Crippen molar-refractivity contribution in [3.05, 3.63) is 46.1 Å². The Hall–Kier alpha value is -1.88. The van der Waals surface area contributed by atoms with Crippen molar-refractivity contribution in [3.8, 4) is 5.69 Å². The first kappa shape index (κ1) is 13.1. The Balaban J connectivity index is 2.12. The van der Waals surface area contributed by atoms with Crippen molar-refractivity contribution >= 4 is 0 Å². The summed E-state index contributed by atoms with van der Waals surface area (Å²) in [4.78, 5) is 12.1. The molecule has 2 aromatic rings. The predicted octanol–water partition coefficient (Wildman–Crippen LogP) is 1.99. The molecule has 3 N–H and O–H groups in total. The molecule has 0 saturated heterocycles. The summed E-state index contributed by atoms with van der Waals surface area (Å²) >= 11 is 0. The highest BCUT2D eigenvalue weighted by atomic mass is 16.1. The third-order valence-corrected chi connectivity index (χ3v) is 4.12. The Labute approximate surface area is 117 Å². The summed E-state index contributed by atoms with van der Waals surface area (Å²) in [6, 6.07) is 7.84. The second-order valence-corrected chi connectivity index (χ2v) is 5.74. The van der Waals surface area contributed by atoms with Crippen molar-refractivity contribution in [2.24, 2.45) is 5.73 Å². The van der Waals surface area contributed by atoms with Crippen LogP contribution in [-0.4, -0.2) is 14.8 Å². The van der Waals surface area contributed by atoms with Gasteiger partial charge in [0.05, 0.1) is 11.2 Å². The SMILES string of the molecule is Cc1cccc(-n2c(C3(N)CCCCC3)n[nH]c2=O)c1. The first-order chi connectivity index (χ1) is 9.60. The zero-order valence-corrected chi connectivity index (χ0v) is 11.7. The number of aromatic nitrogens is 3. The van der Waals surface area contributed by atoms with E-state index in [2.05, 4.69) is 10.2 Å². The maximum absolute atomic E-state index is 12.1. The molecule has 0 spiro atoms. The van der Waals surface area contributed by atoms with Gasteiger partial charge in [0.25, 0.3) is 0 Å². The van der Waals surface area contributed by atoms with Crippen molar-refractivity contribution < 1.29 is 0 Å². The number of hydrogen-bond acceptors (Lipinski definition) is 3. The molecule has 0 unspecified atom stereocenters. The highest BCUT2D eigenvalue weighted by Gasteiger charge is 2.35. The molecule has 0 atom stereocenters. The van der Waals surface area contributed by atoms with Gasteiger partial charge in [0, 0.05) is 0 Å². The van der Waals surface area contributed by atoms with Gasteiger partial charge in [-0.2, -0.15) is 5.10 Å². The minimum Gasteiger partial charge on any atom is -0.319 e. The van der Waals surface area contributed by atoms with E-state index in [0.717, 1.165) is 36.9 Å². The number of nitrogens with zero attached hydrogens (tertiary/aromatic N) is 2. The molecule has 0 radical (unpaired) electrons. The molecule has 1 aliphatic rings. The van der Waals surface area contributed by atoms with Crippen molar-refractivity contribution in [1.29, 1.82) is 0 Å². The van der Waals surface area contributed by atoms with E-state index < -0.39 is 5.54 Å². The van der Waals surface area contributed by atoms with Crippen LogP contribution in [0.5, 0.6) is 0 Å². The minimum absolute atomic E-state index is 0.221.